The average Bonchev–Trinajstić information content (AvgIpc) is 3.22. The Morgan fingerprint density at radius 3 is 2.49 bits per heavy atom. The van der Waals surface area contributed by atoms with E-state index in [0.717, 1.165) is 27.8 Å². The Bertz CT molecular complexity index is 1410. The van der Waals surface area contributed by atoms with Gasteiger partial charge in [-0.25, -0.2) is 9.78 Å². The van der Waals surface area contributed by atoms with Crippen LogP contribution in [0.15, 0.2) is 54.9 Å². The van der Waals surface area contributed by atoms with E-state index >= 15 is 0 Å². The van der Waals surface area contributed by atoms with Gasteiger partial charge in [-0.05, 0) is 61.6 Å². The smallest absolute Gasteiger partial charge is 0.326 e. The number of amides is 1. The molecule has 0 aliphatic heterocycles. The topological polar surface area (TPSA) is 97.1 Å². The average molecular weight is 491 g/mol. The molecule has 0 saturated carbocycles. The van der Waals surface area contributed by atoms with Crippen LogP contribution in [0, 0.1) is 19.8 Å². The molecule has 2 N–H and O–H groups in total. The number of hydrogen-bond acceptors (Lipinski definition) is 4. The molecule has 2 aromatic carbocycles. The van der Waals surface area contributed by atoms with Gasteiger partial charge in [0.15, 0.2) is 0 Å². The van der Waals surface area contributed by atoms with Gasteiger partial charge in [0, 0.05) is 28.4 Å². The molecular weight excluding hydrogens is 464 g/mol. The number of pyridine rings is 1. The van der Waals surface area contributed by atoms with E-state index in [-0.39, 0.29) is 11.6 Å². The summed E-state index contributed by atoms with van der Waals surface area (Å²) < 4.78 is 1.86. The SMILES string of the molecule is Cc1cccc(C)c1-c1nc(C(=O)N[C@@H](CC(C)C)C(=O)O)cn1-c1ccnc2cc(Cl)ccc12. The maximum atomic E-state index is 13.2. The van der Waals surface area contributed by atoms with Crippen LogP contribution < -0.4 is 5.32 Å². The number of hydrogen-bond donors (Lipinski definition) is 2. The van der Waals surface area contributed by atoms with Crippen LogP contribution >= 0.6 is 11.6 Å². The van der Waals surface area contributed by atoms with Crippen molar-refractivity contribution < 1.29 is 14.7 Å². The summed E-state index contributed by atoms with van der Waals surface area (Å²) in [6.07, 6.45) is 3.65. The van der Waals surface area contributed by atoms with E-state index in [1.54, 1.807) is 24.5 Å². The molecule has 0 bridgehead atoms. The van der Waals surface area contributed by atoms with Crippen LogP contribution in [0.2, 0.25) is 5.02 Å². The fraction of sp³-hybridized carbons (Fsp3) is 0.259. The van der Waals surface area contributed by atoms with Crippen LogP contribution in [0.25, 0.3) is 28.0 Å². The largest absolute Gasteiger partial charge is 0.480 e. The Morgan fingerprint density at radius 1 is 1.11 bits per heavy atom. The molecule has 7 nitrogen and oxygen atoms in total. The number of carbonyl (C=O) groups is 2. The molecular formula is C27H27ClN4O3. The number of imidazole rings is 1. The normalized spacial score (nSPS) is 12.2. The summed E-state index contributed by atoms with van der Waals surface area (Å²) in [7, 11) is 0. The second-order valence-electron chi connectivity index (χ2n) is 9.07. The first-order chi connectivity index (χ1) is 16.7. The number of halogens is 1. The first-order valence-corrected chi connectivity index (χ1v) is 11.8. The van der Waals surface area contributed by atoms with Crippen molar-refractivity contribution in [2.75, 3.05) is 0 Å². The van der Waals surface area contributed by atoms with Gasteiger partial charge in [-0.2, -0.15) is 0 Å². The van der Waals surface area contributed by atoms with Crippen molar-refractivity contribution in [1.82, 2.24) is 19.9 Å². The summed E-state index contributed by atoms with van der Waals surface area (Å²) in [6.45, 7) is 7.82. The van der Waals surface area contributed by atoms with E-state index in [0.29, 0.717) is 22.8 Å². The zero-order valence-corrected chi connectivity index (χ0v) is 20.8. The Labute approximate surface area is 208 Å². The van der Waals surface area contributed by atoms with Gasteiger partial charge in [0.25, 0.3) is 5.91 Å². The Balaban J connectivity index is 1.89. The first-order valence-electron chi connectivity index (χ1n) is 11.4. The second kappa shape index (κ2) is 9.88. The summed E-state index contributed by atoms with van der Waals surface area (Å²) in [4.78, 5) is 34.0. The highest BCUT2D eigenvalue weighted by Gasteiger charge is 2.25. The number of aliphatic carboxylic acids is 1. The first kappa shape index (κ1) is 24.4. The third kappa shape index (κ3) is 5.05. The highest BCUT2D eigenvalue weighted by molar-refractivity contribution is 6.31. The predicted molar refractivity (Wildman–Crippen MR) is 137 cm³/mol. The molecule has 0 fully saturated rings. The lowest BCUT2D eigenvalue weighted by Crippen LogP contribution is -2.41. The number of carboxylic acid groups (broad SMARTS) is 1. The van der Waals surface area contributed by atoms with E-state index in [4.69, 9.17) is 16.6 Å². The molecule has 4 aromatic rings. The fourth-order valence-electron chi connectivity index (χ4n) is 4.26. The van der Waals surface area contributed by atoms with Crippen LogP contribution in [0.4, 0.5) is 0 Å². The van der Waals surface area contributed by atoms with Crippen molar-refractivity contribution in [2.45, 2.75) is 40.2 Å². The molecule has 0 spiro atoms. The molecule has 0 unspecified atom stereocenters. The minimum absolute atomic E-state index is 0.106. The zero-order valence-electron chi connectivity index (χ0n) is 20.0. The van der Waals surface area contributed by atoms with Crippen molar-refractivity contribution in [2.24, 2.45) is 5.92 Å². The van der Waals surface area contributed by atoms with Crippen molar-refractivity contribution in [3.8, 4) is 17.1 Å². The van der Waals surface area contributed by atoms with Gasteiger partial charge in [0.2, 0.25) is 0 Å². The third-order valence-electron chi connectivity index (χ3n) is 5.90. The van der Waals surface area contributed by atoms with Gasteiger partial charge < -0.3 is 10.4 Å². The molecule has 1 atom stereocenters. The number of nitrogens with one attached hydrogen (secondary N) is 1. The molecule has 0 saturated heterocycles. The predicted octanol–water partition coefficient (Wildman–Crippen LogP) is 5.59. The number of benzene rings is 2. The number of fused-ring (bicyclic) bond motifs is 1. The molecule has 35 heavy (non-hydrogen) atoms. The third-order valence-corrected chi connectivity index (χ3v) is 6.13. The molecule has 8 heteroatoms. The monoisotopic (exact) mass is 490 g/mol. The number of rotatable bonds is 7. The van der Waals surface area contributed by atoms with Gasteiger partial charge in [-0.1, -0.05) is 43.6 Å². The Morgan fingerprint density at radius 2 is 1.83 bits per heavy atom. The number of aryl methyl sites for hydroxylation is 2. The second-order valence-corrected chi connectivity index (χ2v) is 9.51. The summed E-state index contributed by atoms with van der Waals surface area (Å²) in [6, 6.07) is 12.3. The highest BCUT2D eigenvalue weighted by atomic mass is 35.5. The van der Waals surface area contributed by atoms with Gasteiger partial charge in [0.1, 0.15) is 17.6 Å². The molecule has 0 aliphatic rings. The van der Waals surface area contributed by atoms with Crippen LogP contribution in [0.3, 0.4) is 0 Å². The standard InChI is InChI=1S/C27H27ClN4O3/c1-15(2)12-21(27(34)35)31-26(33)22-14-32(25(30-22)24-16(3)6-5-7-17(24)4)23-10-11-29-20-13-18(28)8-9-19(20)23/h5-11,13-15,21H,12H2,1-4H3,(H,31,33)(H,34,35)/t21-/m0/s1. The number of carbonyl (C=O) groups excluding carboxylic acids is 1. The number of carboxylic acids is 1. The van der Waals surface area contributed by atoms with Gasteiger partial charge in [-0.3, -0.25) is 14.3 Å². The minimum Gasteiger partial charge on any atom is -0.480 e. The Hall–Kier alpha value is -3.71. The molecule has 0 aliphatic carbocycles. The van der Waals surface area contributed by atoms with Crippen molar-refractivity contribution in [3.05, 3.63) is 76.7 Å². The Kier molecular flexibility index (Phi) is 6.89. The summed E-state index contributed by atoms with van der Waals surface area (Å²) >= 11 is 6.18. The summed E-state index contributed by atoms with van der Waals surface area (Å²) in [5.74, 6) is -0.915. The minimum atomic E-state index is -1.07. The lowest BCUT2D eigenvalue weighted by Gasteiger charge is -2.15. The quantitative estimate of drug-likeness (QED) is 0.352. The molecule has 180 valence electrons. The van der Waals surface area contributed by atoms with Crippen molar-refractivity contribution in [3.63, 3.8) is 0 Å². The van der Waals surface area contributed by atoms with Crippen molar-refractivity contribution in [1.29, 1.82) is 0 Å². The molecule has 2 aromatic heterocycles. The summed E-state index contributed by atoms with van der Waals surface area (Å²) in [5.41, 5.74) is 4.55. The maximum absolute atomic E-state index is 13.2. The maximum Gasteiger partial charge on any atom is 0.326 e. The zero-order chi connectivity index (χ0) is 25.3. The molecule has 0 radical (unpaired) electrons. The lowest BCUT2D eigenvalue weighted by atomic mass is 10.0. The van der Waals surface area contributed by atoms with E-state index < -0.39 is 17.9 Å². The van der Waals surface area contributed by atoms with E-state index in [1.165, 1.54) is 0 Å². The van der Waals surface area contributed by atoms with Crippen LogP contribution in [0.5, 0.6) is 0 Å². The van der Waals surface area contributed by atoms with Gasteiger partial charge in [-0.15, -0.1) is 0 Å². The van der Waals surface area contributed by atoms with Crippen molar-refractivity contribution >= 4 is 34.4 Å². The molecule has 4 rings (SSSR count). The summed E-state index contributed by atoms with van der Waals surface area (Å²) in [5, 5.41) is 13.6. The van der Waals surface area contributed by atoms with E-state index in [1.807, 2.05) is 62.6 Å². The number of aromatic nitrogens is 3. The number of nitrogens with zero attached hydrogens (tertiary/aromatic N) is 3. The lowest BCUT2D eigenvalue weighted by molar-refractivity contribution is -0.139. The van der Waals surface area contributed by atoms with Gasteiger partial charge >= 0.3 is 5.97 Å². The fourth-order valence-corrected chi connectivity index (χ4v) is 4.42. The van der Waals surface area contributed by atoms with Gasteiger partial charge in [0.05, 0.1) is 11.2 Å². The molecule has 2 heterocycles. The van der Waals surface area contributed by atoms with E-state index in [2.05, 4.69) is 10.3 Å². The van der Waals surface area contributed by atoms with Crippen LogP contribution in [0.1, 0.15) is 41.9 Å². The van der Waals surface area contributed by atoms with Crippen LogP contribution in [-0.4, -0.2) is 37.6 Å². The van der Waals surface area contributed by atoms with Crippen LogP contribution in [-0.2, 0) is 4.79 Å². The van der Waals surface area contributed by atoms with E-state index in [9.17, 15) is 14.7 Å². The molecule has 1 amide bonds. The highest BCUT2D eigenvalue weighted by Crippen LogP contribution is 2.32.